The number of nitrogens with zero attached hydrogens (tertiary/aromatic N) is 2. The van der Waals surface area contributed by atoms with E-state index in [0.717, 1.165) is 66.8 Å². The maximum absolute atomic E-state index is 6.54. The van der Waals surface area contributed by atoms with Crippen LogP contribution in [0.15, 0.2) is 223 Å². The molecule has 0 spiro atoms. The largest absolute Gasteiger partial charge is 0.455 e. The van der Waals surface area contributed by atoms with Crippen molar-refractivity contribution in [2.75, 3.05) is 4.90 Å². The monoisotopic (exact) mass is 752 g/mol. The van der Waals surface area contributed by atoms with Crippen LogP contribution in [-0.2, 0) is 0 Å². The third kappa shape index (κ3) is 5.36. The molecule has 10 aromatic carbocycles. The van der Waals surface area contributed by atoms with Crippen molar-refractivity contribution in [3.63, 3.8) is 0 Å². The van der Waals surface area contributed by atoms with Gasteiger partial charge in [-0.3, -0.25) is 0 Å². The highest BCUT2D eigenvalue weighted by Gasteiger charge is 2.19. The number of furan rings is 1. The number of fused-ring (bicyclic) bond motifs is 9. The van der Waals surface area contributed by atoms with Crippen LogP contribution < -0.4 is 4.90 Å². The molecule has 276 valence electrons. The minimum absolute atomic E-state index is 0.899. The Balaban J connectivity index is 0.952. The molecule has 0 bridgehead atoms. The van der Waals surface area contributed by atoms with Crippen molar-refractivity contribution in [3.05, 3.63) is 218 Å². The molecule has 12 aromatic rings. The van der Waals surface area contributed by atoms with Crippen LogP contribution >= 0.6 is 0 Å². The summed E-state index contributed by atoms with van der Waals surface area (Å²) < 4.78 is 8.92. The Hall–Kier alpha value is -7.88. The fraction of sp³-hybridized carbons (Fsp3) is 0. The highest BCUT2D eigenvalue weighted by Crippen LogP contribution is 2.43. The van der Waals surface area contributed by atoms with Crippen LogP contribution in [0.1, 0.15) is 0 Å². The minimum Gasteiger partial charge on any atom is -0.455 e. The van der Waals surface area contributed by atoms with Crippen LogP contribution in [0.2, 0.25) is 0 Å². The van der Waals surface area contributed by atoms with Crippen molar-refractivity contribution in [2.45, 2.75) is 0 Å². The smallest absolute Gasteiger partial charge is 0.143 e. The standard InChI is InChI=1S/C56H36N2O/c1-3-17-45-38(12-1)14-10-24-51(45)57(43-33-28-40(29-34-43)46-21-11-25-54-55(46)50-35-30-39-13-2-4-18-47(39)56(50)59-54)42-31-26-37(27-32-42)41-15-9-16-44(36-41)58-52-22-7-5-19-48(52)49-20-6-8-23-53(49)58/h1-36H. The van der Waals surface area contributed by atoms with E-state index < -0.39 is 0 Å². The first-order valence-corrected chi connectivity index (χ1v) is 20.2. The molecule has 0 saturated carbocycles. The Bertz CT molecular complexity index is 3500. The highest BCUT2D eigenvalue weighted by atomic mass is 16.3. The van der Waals surface area contributed by atoms with Crippen LogP contribution in [0.5, 0.6) is 0 Å². The lowest BCUT2D eigenvalue weighted by Crippen LogP contribution is -2.10. The SMILES string of the molecule is c1cc(-c2ccc(N(c3ccc(-c4cccc5oc6c7ccccc7ccc6c45)cc3)c3cccc4ccccc34)cc2)cc(-n2c3ccccc3c3ccccc32)c1. The van der Waals surface area contributed by atoms with E-state index in [4.69, 9.17) is 4.42 Å². The average molecular weight is 753 g/mol. The van der Waals surface area contributed by atoms with Crippen molar-refractivity contribution < 1.29 is 4.42 Å². The summed E-state index contributed by atoms with van der Waals surface area (Å²) in [5.41, 5.74) is 13.3. The van der Waals surface area contributed by atoms with Crippen molar-refractivity contribution >= 4 is 82.4 Å². The summed E-state index contributed by atoms with van der Waals surface area (Å²) in [5, 5.41) is 9.52. The number of rotatable bonds is 6. The zero-order valence-corrected chi connectivity index (χ0v) is 32.1. The van der Waals surface area contributed by atoms with Gasteiger partial charge in [0.05, 0.1) is 16.7 Å². The van der Waals surface area contributed by atoms with Gasteiger partial charge in [-0.05, 0) is 99.8 Å². The van der Waals surface area contributed by atoms with Gasteiger partial charge in [0.2, 0.25) is 0 Å². The lowest BCUT2D eigenvalue weighted by molar-refractivity contribution is 0.673. The molecule has 0 unspecified atom stereocenters. The molecule has 12 rings (SSSR count). The fourth-order valence-electron chi connectivity index (χ4n) is 9.24. The molecular formula is C56H36N2O. The van der Waals surface area contributed by atoms with Crippen molar-refractivity contribution in [3.8, 4) is 27.9 Å². The highest BCUT2D eigenvalue weighted by molar-refractivity contribution is 6.19. The van der Waals surface area contributed by atoms with Gasteiger partial charge in [-0.1, -0.05) is 152 Å². The fourth-order valence-corrected chi connectivity index (χ4v) is 9.24. The molecule has 3 heteroatoms. The molecule has 0 fully saturated rings. The first kappa shape index (κ1) is 33.3. The number of benzene rings is 10. The van der Waals surface area contributed by atoms with Gasteiger partial charge in [-0.25, -0.2) is 0 Å². The van der Waals surface area contributed by atoms with E-state index in [0.29, 0.717) is 0 Å². The van der Waals surface area contributed by atoms with Crippen LogP contribution in [0.25, 0.3) is 93.2 Å². The van der Waals surface area contributed by atoms with E-state index in [1.54, 1.807) is 0 Å². The molecule has 0 N–H and O–H groups in total. The van der Waals surface area contributed by atoms with E-state index in [-0.39, 0.29) is 0 Å². The van der Waals surface area contributed by atoms with Gasteiger partial charge in [0.15, 0.2) is 0 Å². The summed E-state index contributed by atoms with van der Waals surface area (Å²) in [5.74, 6) is 0. The third-order valence-electron chi connectivity index (χ3n) is 12.0. The van der Waals surface area contributed by atoms with Gasteiger partial charge in [0.25, 0.3) is 0 Å². The van der Waals surface area contributed by atoms with Gasteiger partial charge < -0.3 is 13.9 Å². The Morgan fingerprint density at radius 1 is 0.373 bits per heavy atom. The number of hydrogen-bond acceptors (Lipinski definition) is 2. The molecule has 0 aliphatic heterocycles. The van der Waals surface area contributed by atoms with Gasteiger partial charge >= 0.3 is 0 Å². The molecule has 0 aliphatic carbocycles. The second-order valence-corrected chi connectivity index (χ2v) is 15.3. The van der Waals surface area contributed by atoms with Gasteiger partial charge in [0, 0.05) is 49.4 Å². The number of aromatic nitrogens is 1. The molecule has 3 nitrogen and oxygen atoms in total. The summed E-state index contributed by atoms with van der Waals surface area (Å²) in [6, 6.07) is 78.7. The van der Waals surface area contributed by atoms with E-state index in [9.17, 15) is 0 Å². The molecule has 59 heavy (non-hydrogen) atoms. The van der Waals surface area contributed by atoms with Crippen LogP contribution in [0.4, 0.5) is 17.1 Å². The summed E-state index contributed by atoms with van der Waals surface area (Å²) in [6.07, 6.45) is 0. The lowest BCUT2D eigenvalue weighted by atomic mass is 9.97. The molecular weight excluding hydrogens is 717 g/mol. The minimum atomic E-state index is 0.899. The summed E-state index contributed by atoms with van der Waals surface area (Å²) in [4.78, 5) is 2.38. The number of anilines is 3. The zero-order valence-electron chi connectivity index (χ0n) is 32.1. The predicted octanol–water partition coefficient (Wildman–Crippen LogP) is 15.8. The van der Waals surface area contributed by atoms with Crippen molar-refractivity contribution in [1.82, 2.24) is 4.57 Å². The number of para-hydroxylation sites is 2. The molecule has 0 atom stereocenters. The second-order valence-electron chi connectivity index (χ2n) is 15.3. The van der Waals surface area contributed by atoms with E-state index in [1.807, 2.05) is 0 Å². The topological polar surface area (TPSA) is 21.3 Å². The third-order valence-corrected chi connectivity index (χ3v) is 12.0. The van der Waals surface area contributed by atoms with Crippen LogP contribution in [-0.4, -0.2) is 4.57 Å². The summed E-state index contributed by atoms with van der Waals surface area (Å²) >= 11 is 0. The Kier molecular flexibility index (Phi) is 7.54. The summed E-state index contributed by atoms with van der Waals surface area (Å²) in [6.45, 7) is 0. The van der Waals surface area contributed by atoms with Gasteiger partial charge in [-0.15, -0.1) is 0 Å². The zero-order chi connectivity index (χ0) is 38.9. The quantitative estimate of drug-likeness (QED) is 0.169. The van der Waals surface area contributed by atoms with Crippen molar-refractivity contribution in [1.29, 1.82) is 0 Å². The molecule has 0 amide bonds. The molecule has 0 aliphatic rings. The maximum Gasteiger partial charge on any atom is 0.143 e. The summed E-state index contributed by atoms with van der Waals surface area (Å²) in [7, 11) is 0. The Labute approximate surface area is 341 Å². The molecule has 2 heterocycles. The average Bonchev–Trinajstić information content (AvgIpc) is 3.86. The van der Waals surface area contributed by atoms with Crippen molar-refractivity contribution in [2.24, 2.45) is 0 Å². The van der Waals surface area contributed by atoms with E-state index >= 15 is 0 Å². The molecule has 0 radical (unpaired) electrons. The van der Waals surface area contributed by atoms with E-state index in [2.05, 4.69) is 228 Å². The van der Waals surface area contributed by atoms with Gasteiger partial charge in [-0.2, -0.15) is 0 Å². The van der Waals surface area contributed by atoms with Crippen LogP contribution in [0, 0.1) is 0 Å². The number of hydrogen-bond donors (Lipinski definition) is 0. The normalized spacial score (nSPS) is 11.7. The molecule has 0 saturated heterocycles. The predicted molar refractivity (Wildman–Crippen MR) is 249 cm³/mol. The first-order chi connectivity index (χ1) is 29.3. The van der Waals surface area contributed by atoms with E-state index in [1.165, 1.54) is 43.5 Å². The maximum atomic E-state index is 6.54. The molecule has 2 aromatic heterocycles. The van der Waals surface area contributed by atoms with Crippen LogP contribution in [0.3, 0.4) is 0 Å². The lowest BCUT2D eigenvalue weighted by Gasteiger charge is -2.27. The van der Waals surface area contributed by atoms with Gasteiger partial charge in [0.1, 0.15) is 11.2 Å². The second kappa shape index (κ2) is 13.4. The first-order valence-electron chi connectivity index (χ1n) is 20.2. The Morgan fingerprint density at radius 2 is 0.949 bits per heavy atom. The Morgan fingerprint density at radius 3 is 1.68 bits per heavy atom.